The fraction of sp³-hybridized carbons (Fsp3) is 0.591. The van der Waals surface area contributed by atoms with Gasteiger partial charge in [-0.2, -0.15) is 0 Å². The number of phenols is 1. The van der Waals surface area contributed by atoms with Crippen molar-refractivity contribution in [1.29, 1.82) is 0 Å². The summed E-state index contributed by atoms with van der Waals surface area (Å²) in [6.45, 7) is 3.78. The molecule has 0 radical (unpaired) electrons. The predicted molar refractivity (Wildman–Crippen MR) is 98.2 cm³/mol. The first-order valence-electron chi connectivity index (χ1n) is 9.94. The van der Waals surface area contributed by atoms with Crippen LogP contribution in [0.25, 0.3) is 0 Å². The highest BCUT2D eigenvalue weighted by Crippen LogP contribution is 2.60. The Hall–Kier alpha value is -2.17. The van der Waals surface area contributed by atoms with Gasteiger partial charge < -0.3 is 9.84 Å². The quantitative estimate of drug-likeness (QED) is 0.502. The largest absolute Gasteiger partial charge is 0.508 e. The Morgan fingerprint density at radius 3 is 2.81 bits per heavy atom. The minimum absolute atomic E-state index is 0.0690. The number of carbonyl (C=O) groups excluding carboxylic acids is 3. The lowest BCUT2D eigenvalue weighted by Crippen LogP contribution is -2.43. The second-order valence-corrected chi connectivity index (χ2v) is 8.49. The zero-order valence-electron chi connectivity index (χ0n) is 15.9. The van der Waals surface area contributed by atoms with Crippen LogP contribution in [-0.2, 0) is 25.5 Å². The Morgan fingerprint density at radius 2 is 2.07 bits per heavy atom. The Morgan fingerprint density at radius 1 is 1.30 bits per heavy atom. The van der Waals surface area contributed by atoms with Gasteiger partial charge in [-0.15, -0.1) is 0 Å². The van der Waals surface area contributed by atoms with Crippen LogP contribution in [0.1, 0.15) is 56.6 Å². The Bertz CT molecular complexity index is 813. The average molecular weight is 370 g/mol. The third kappa shape index (κ3) is 2.70. The maximum Gasteiger partial charge on any atom is 0.375 e. The summed E-state index contributed by atoms with van der Waals surface area (Å²) in [7, 11) is 0. The fourth-order valence-corrected chi connectivity index (χ4v) is 5.96. The molecule has 27 heavy (non-hydrogen) atoms. The van der Waals surface area contributed by atoms with E-state index in [1.807, 2.05) is 19.1 Å². The van der Waals surface area contributed by atoms with Crippen LogP contribution in [0.2, 0.25) is 0 Å². The maximum atomic E-state index is 13.1. The zero-order valence-corrected chi connectivity index (χ0v) is 15.9. The Kier molecular flexibility index (Phi) is 4.36. The fourth-order valence-electron chi connectivity index (χ4n) is 5.96. The van der Waals surface area contributed by atoms with Gasteiger partial charge in [0.1, 0.15) is 11.5 Å². The van der Waals surface area contributed by atoms with Crippen molar-refractivity contribution in [2.75, 3.05) is 6.61 Å². The molecular formula is C22H26O5. The predicted octanol–water partition coefficient (Wildman–Crippen LogP) is 3.18. The van der Waals surface area contributed by atoms with E-state index in [1.165, 1.54) is 11.1 Å². The third-order valence-corrected chi connectivity index (χ3v) is 7.26. The van der Waals surface area contributed by atoms with Gasteiger partial charge in [0.2, 0.25) is 5.78 Å². The highest BCUT2D eigenvalue weighted by atomic mass is 16.5. The van der Waals surface area contributed by atoms with Crippen molar-refractivity contribution in [3.63, 3.8) is 0 Å². The van der Waals surface area contributed by atoms with Gasteiger partial charge in [0, 0.05) is 5.41 Å². The summed E-state index contributed by atoms with van der Waals surface area (Å²) in [5, 5.41) is 9.78. The highest BCUT2D eigenvalue weighted by molar-refractivity contribution is 6.39. The molecule has 1 aromatic carbocycles. The van der Waals surface area contributed by atoms with Crippen molar-refractivity contribution in [2.45, 2.75) is 51.9 Å². The molecule has 5 atom stereocenters. The summed E-state index contributed by atoms with van der Waals surface area (Å²) in [6, 6.07) is 5.61. The van der Waals surface area contributed by atoms with Crippen molar-refractivity contribution in [3.05, 3.63) is 29.3 Å². The number of hydrogen-bond acceptors (Lipinski definition) is 5. The minimum atomic E-state index is -0.876. The molecule has 0 amide bonds. The highest BCUT2D eigenvalue weighted by Gasteiger charge is 2.60. The lowest BCUT2D eigenvalue weighted by molar-refractivity contribution is -0.156. The van der Waals surface area contributed by atoms with Crippen LogP contribution in [0.15, 0.2) is 18.2 Å². The van der Waals surface area contributed by atoms with Crippen LogP contribution in [0.3, 0.4) is 0 Å². The van der Waals surface area contributed by atoms with Crippen LogP contribution >= 0.6 is 0 Å². The summed E-state index contributed by atoms with van der Waals surface area (Å²) in [4.78, 5) is 37.5. The van der Waals surface area contributed by atoms with Crippen molar-refractivity contribution >= 4 is 17.5 Å². The number of ketones is 2. The van der Waals surface area contributed by atoms with Crippen molar-refractivity contribution in [1.82, 2.24) is 0 Å². The molecule has 0 aromatic heterocycles. The topological polar surface area (TPSA) is 80.7 Å². The first kappa shape index (κ1) is 18.2. The van der Waals surface area contributed by atoms with E-state index in [1.54, 1.807) is 13.0 Å². The summed E-state index contributed by atoms with van der Waals surface area (Å²) < 4.78 is 4.85. The van der Waals surface area contributed by atoms with Gasteiger partial charge in [0.05, 0.1) is 12.5 Å². The molecule has 1 aromatic rings. The van der Waals surface area contributed by atoms with E-state index in [0.29, 0.717) is 24.0 Å². The molecule has 1 N–H and O–H groups in total. The maximum absolute atomic E-state index is 13.1. The molecule has 3 aliphatic rings. The first-order chi connectivity index (χ1) is 12.9. The standard InChI is InChI=1S/C22H26O5/c1-3-27-21(26)19(24)17-11-18-16-6-4-12-10-13(23)5-7-14(12)15(16)8-9-22(18,2)20(17)25/h5,7,10,15-18,23H,3-4,6,8-9,11H2,1-2H3/t15?,16?,17?,18?,22-/m0/s1. The molecule has 5 heteroatoms. The van der Waals surface area contributed by atoms with Crippen molar-refractivity contribution in [3.8, 4) is 5.75 Å². The molecule has 0 spiro atoms. The molecule has 0 saturated heterocycles. The van der Waals surface area contributed by atoms with Crippen LogP contribution in [0.4, 0.5) is 0 Å². The molecule has 0 bridgehead atoms. The van der Waals surface area contributed by atoms with Crippen LogP contribution < -0.4 is 0 Å². The summed E-state index contributed by atoms with van der Waals surface area (Å²) in [5.41, 5.74) is 1.95. The van der Waals surface area contributed by atoms with Crippen LogP contribution in [-0.4, -0.2) is 29.2 Å². The Balaban J connectivity index is 1.63. The molecule has 5 nitrogen and oxygen atoms in total. The lowest BCUT2D eigenvalue weighted by Gasteiger charge is -2.48. The molecule has 4 unspecified atom stereocenters. The van der Waals surface area contributed by atoms with Crippen LogP contribution in [0.5, 0.6) is 5.75 Å². The summed E-state index contributed by atoms with van der Waals surface area (Å²) >= 11 is 0. The van der Waals surface area contributed by atoms with E-state index in [9.17, 15) is 19.5 Å². The smallest absolute Gasteiger partial charge is 0.375 e. The van der Waals surface area contributed by atoms with Gasteiger partial charge in [-0.3, -0.25) is 9.59 Å². The minimum Gasteiger partial charge on any atom is -0.508 e. The normalized spacial score (nSPS) is 34.4. The van der Waals surface area contributed by atoms with Gasteiger partial charge in [-0.25, -0.2) is 4.79 Å². The number of Topliss-reactive ketones (excluding diaryl/α,β-unsaturated/α-hetero) is 2. The Labute approximate surface area is 159 Å². The second kappa shape index (κ2) is 6.47. The van der Waals surface area contributed by atoms with Gasteiger partial charge in [0.15, 0.2) is 0 Å². The molecular weight excluding hydrogens is 344 g/mol. The molecule has 4 rings (SSSR count). The number of esters is 1. The van der Waals surface area contributed by atoms with E-state index in [2.05, 4.69) is 0 Å². The first-order valence-corrected chi connectivity index (χ1v) is 9.94. The molecule has 2 fully saturated rings. The number of ether oxygens (including phenoxy) is 1. The number of hydrogen-bond donors (Lipinski definition) is 1. The number of benzene rings is 1. The number of rotatable bonds is 3. The molecule has 0 aliphatic heterocycles. The summed E-state index contributed by atoms with van der Waals surface area (Å²) in [5.74, 6) is -1.35. The molecule has 144 valence electrons. The third-order valence-electron chi connectivity index (χ3n) is 7.26. The number of aromatic hydroxyl groups is 1. The number of phenolic OH excluding ortho intramolecular Hbond substituents is 1. The van der Waals surface area contributed by atoms with E-state index < -0.39 is 23.1 Å². The van der Waals surface area contributed by atoms with E-state index in [0.717, 1.165) is 25.7 Å². The molecule has 3 aliphatic carbocycles. The van der Waals surface area contributed by atoms with E-state index >= 15 is 0 Å². The monoisotopic (exact) mass is 370 g/mol. The number of aryl methyl sites for hydroxylation is 1. The van der Waals surface area contributed by atoms with Gasteiger partial charge >= 0.3 is 5.97 Å². The van der Waals surface area contributed by atoms with Gasteiger partial charge in [0.25, 0.3) is 0 Å². The average Bonchev–Trinajstić information content (AvgIpc) is 2.92. The van der Waals surface area contributed by atoms with Gasteiger partial charge in [-0.1, -0.05) is 13.0 Å². The van der Waals surface area contributed by atoms with Crippen LogP contribution in [0, 0.1) is 23.2 Å². The van der Waals surface area contributed by atoms with Crippen molar-refractivity contribution < 1.29 is 24.2 Å². The van der Waals surface area contributed by atoms with Gasteiger partial charge in [-0.05, 0) is 80.0 Å². The molecule has 0 heterocycles. The van der Waals surface area contributed by atoms with E-state index in [4.69, 9.17) is 4.74 Å². The number of carbonyl (C=O) groups is 3. The second-order valence-electron chi connectivity index (χ2n) is 8.49. The van der Waals surface area contributed by atoms with Crippen molar-refractivity contribution in [2.24, 2.45) is 23.2 Å². The summed E-state index contributed by atoms with van der Waals surface area (Å²) in [6.07, 6.45) is 3.94. The van der Waals surface area contributed by atoms with E-state index in [-0.39, 0.29) is 18.3 Å². The zero-order chi connectivity index (χ0) is 19.3. The SMILES string of the molecule is CCOC(=O)C(=O)C1CC2C3CCc4cc(O)ccc4C3CC[C@]2(C)C1=O. The number of fused-ring (bicyclic) bond motifs is 5. The molecule has 2 saturated carbocycles. The lowest BCUT2D eigenvalue weighted by atomic mass is 9.55.